The fourth-order valence-electron chi connectivity index (χ4n) is 3.11. The number of aromatic nitrogens is 2. The molecule has 5 heteroatoms. The summed E-state index contributed by atoms with van der Waals surface area (Å²) in [6, 6.07) is 13.0. The van der Waals surface area contributed by atoms with E-state index in [2.05, 4.69) is 57.6 Å². The number of nitrogens with one attached hydrogen (secondary N) is 1. The first-order chi connectivity index (χ1) is 10.7. The maximum absolute atomic E-state index is 5.23. The highest BCUT2D eigenvalue weighted by molar-refractivity contribution is 5.35. The second-order valence-corrected chi connectivity index (χ2v) is 5.75. The van der Waals surface area contributed by atoms with E-state index >= 15 is 0 Å². The lowest BCUT2D eigenvalue weighted by atomic mass is 10.0. The van der Waals surface area contributed by atoms with E-state index in [1.54, 1.807) is 7.11 Å². The molecule has 0 spiro atoms. The minimum Gasteiger partial charge on any atom is -0.481 e. The van der Waals surface area contributed by atoms with Gasteiger partial charge >= 0.3 is 0 Å². The van der Waals surface area contributed by atoms with Crippen LogP contribution in [0, 0.1) is 6.92 Å². The molecule has 1 N–H and O–H groups in total. The Hall–Kier alpha value is -2.14. The van der Waals surface area contributed by atoms with Gasteiger partial charge in [0.25, 0.3) is 0 Å². The lowest BCUT2D eigenvalue weighted by Gasteiger charge is -2.26. The van der Waals surface area contributed by atoms with E-state index in [0.717, 1.165) is 18.7 Å². The van der Waals surface area contributed by atoms with E-state index in [9.17, 15) is 0 Å². The smallest absolute Gasteiger partial charge is 0.226 e. The van der Waals surface area contributed by atoms with Crippen LogP contribution in [-0.4, -0.2) is 41.6 Å². The van der Waals surface area contributed by atoms with Crippen molar-refractivity contribution in [2.24, 2.45) is 0 Å². The van der Waals surface area contributed by atoms with E-state index < -0.39 is 0 Å². The van der Waals surface area contributed by atoms with Crippen molar-refractivity contribution in [1.29, 1.82) is 0 Å². The van der Waals surface area contributed by atoms with Crippen molar-refractivity contribution >= 4 is 5.95 Å². The number of hydrogen-bond acceptors (Lipinski definition) is 5. The lowest BCUT2D eigenvalue weighted by Crippen LogP contribution is -2.29. The molecule has 5 nitrogen and oxygen atoms in total. The predicted molar refractivity (Wildman–Crippen MR) is 87.2 cm³/mol. The minimum absolute atomic E-state index is 0.291. The maximum atomic E-state index is 5.23. The first-order valence-corrected chi connectivity index (χ1v) is 7.59. The van der Waals surface area contributed by atoms with Crippen LogP contribution in [0.2, 0.25) is 0 Å². The molecular formula is C17H22N4O. The molecule has 0 bridgehead atoms. The van der Waals surface area contributed by atoms with E-state index in [1.165, 1.54) is 5.56 Å². The van der Waals surface area contributed by atoms with Gasteiger partial charge in [-0.25, -0.2) is 4.98 Å². The number of likely N-dealkylation sites (tertiary alicyclic amines) is 1. The fraction of sp³-hybridized carbons (Fsp3) is 0.412. The third-order valence-electron chi connectivity index (χ3n) is 4.14. The van der Waals surface area contributed by atoms with Crippen LogP contribution >= 0.6 is 0 Å². The van der Waals surface area contributed by atoms with Crippen molar-refractivity contribution in [1.82, 2.24) is 14.9 Å². The molecule has 1 fully saturated rings. The molecule has 0 aliphatic carbocycles. The summed E-state index contributed by atoms with van der Waals surface area (Å²) in [4.78, 5) is 11.3. The Morgan fingerprint density at radius 1 is 1.23 bits per heavy atom. The number of benzene rings is 1. The van der Waals surface area contributed by atoms with Gasteiger partial charge in [0.1, 0.15) is 0 Å². The van der Waals surface area contributed by atoms with Crippen LogP contribution in [0.5, 0.6) is 5.88 Å². The molecule has 2 aromatic rings. The molecule has 1 aromatic heterocycles. The third-order valence-corrected chi connectivity index (χ3v) is 4.14. The van der Waals surface area contributed by atoms with E-state index in [0.29, 0.717) is 23.9 Å². The summed E-state index contributed by atoms with van der Waals surface area (Å²) >= 11 is 0. The summed E-state index contributed by atoms with van der Waals surface area (Å²) in [7, 11) is 3.79. The van der Waals surface area contributed by atoms with Gasteiger partial charge in [-0.05, 0) is 26.0 Å². The van der Waals surface area contributed by atoms with E-state index in [1.807, 2.05) is 13.0 Å². The van der Waals surface area contributed by atoms with E-state index in [4.69, 9.17) is 4.74 Å². The van der Waals surface area contributed by atoms with Crippen LogP contribution in [0.4, 0.5) is 5.95 Å². The van der Waals surface area contributed by atoms with Crippen molar-refractivity contribution in [3.8, 4) is 5.88 Å². The van der Waals surface area contributed by atoms with Gasteiger partial charge < -0.3 is 10.1 Å². The molecule has 0 radical (unpaired) electrons. The van der Waals surface area contributed by atoms with Crippen LogP contribution < -0.4 is 10.1 Å². The Labute approximate surface area is 131 Å². The average molecular weight is 298 g/mol. The molecular weight excluding hydrogens is 276 g/mol. The molecule has 2 heterocycles. The van der Waals surface area contributed by atoms with Crippen LogP contribution in [0.25, 0.3) is 0 Å². The molecule has 2 unspecified atom stereocenters. The molecule has 0 saturated carbocycles. The molecule has 1 aromatic carbocycles. The van der Waals surface area contributed by atoms with Crippen LogP contribution in [0.1, 0.15) is 23.7 Å². The van der Waals surface area contributed by atoms with Crippen LogP contribution in [0.15, 0.2) is 36.4 Å². The van der Waals surface area contributed by atoms with Crippen molar-refractivity contribution in [3.05, 3.63) is 47.7 Å². The molecule has 2 atom stereocenters. The summed E-state index contributed by atoms with van der Waals surface area (Å²) in [6.07, 6.45) is 1.07. The summed E-state index contributed by atoms with van der Waals surface area (Å²) in [5, 5.41) is 3.49. The Bertz CT molecular complexity index is 632. The molecule has 1 aliphatic rings. The number of methoxy groups -OCH3 is 1. The van der Waals surface area contributed by atoms with Gasteiger partial charge in [-0.15, -0.1) is 0 Å². The summed E-state index contributed by atoms with van der Waals surface area (Å²) < 4.78 is 5.23. The lowest BCUT2D eigenvalue weighted by molar-refractivity contribution is 0.309. The van der Waals surface area contributed by atoms with Gasteiger partial charge in [0.15, 0.2) is 0 Å². The highest BCUT2D eigenvalue weighted by Crippen LogP contribution is 2.32. The minimum atomic E-state index is 0.291. The monoisotopic (exact) mass is 298 g/mol. The van der Waals surface area contributed by atoms with Crippen molar-refractivity contribution in [3.63, 3.8) is 0 Å². The Kier molecular flexibility index (Phi) is 4.24. The molecule has 116 valence electrons. The molecule has 0 amide bonds. The summed E-state index contributed by atoms with van der Waals surface area (Å²) in [5.74, 6) is 1.23. The molecule has 1 aliphatic heterocycles. The topological polar surface area (TPSA) is 50.3 Å². The highest BCUT2D eigenvalue weighted by atomic mass is 16.5. The maximum Gasteiger partial charge on any atom is 0.226 e. The predicted octanol–water partition coefficient (Wildman–Crippen LogP) is 2.65. The Morgan fingerprint density at radius 2 is 2.00 bits per heavy atom. The van der Waals surface area contributed by atoms with Gasteiger partial charge in [0.05, 0.1) is 13.2 Å². The van der Waals surface area contributed by atoms with Crippen molar-refractivity contribution in [2.75, 3.05) is 26.0 Å². The normalized spacial score (nSPS) is 21.8. The zero-order valence-corrected chi connectivity index (χ0v) is 13.3. The number of rotatable bonds is 4. The van der Waals surface area contributed by atoms with Crippen LogP contribution in [0.3, 0.4) is 0 Å². The second-order valence-electron chi connectivity index (χ2n) is 5.75. The largest absolute Gasteiger partial charge is 0.481 e. The fourth-order valence-corrected chi connectivity index (χ4v) is 3.11. The number of ether oxygens (including phenoxy) is 1. The zero-order valence-electron chi connectivity index (χ0n) is 13.3. The second kappa shape index (κ2) is 6.32. The number of nitrogens with zero attached hydrogens (tertiary/aromatic N) is 3. The standard InChI is InChI=1S/C17H22N4O/c1-12-11-15(22-3)20-17(18-12)19-14-9-10-21(2)16(14)13-7-5-4-6-8-13/h4-8,11,14,16H,9-10H2,1-3H3,(H,18,19,20). The van der Waals surface area contributed by atoms with Crippen molar-refractivity contribution in [2.45, 2.75) is 25.4 Å². The van der Waals surface area contributed by atoms with Gasteiger partial charge in [-0.3, -0.25) is 4.90 Å². The SMILES string of the molecule is COc1cc(C)nc(NC2CCN(C)C2c2ccccc2)n1. The molecule has 1 saturated heterocycles. The number of aryl methyl sites for hydroxylation is 1. The molecule has 3 rings (SSSR count). The Morgan fingerprint density at radius 3 is 2.73 bits per heavy atom. The quantitative estimate of drug-likeness (QED) is 0.940. The average Bonchev–Trinajstić information content (AvgIpc) is 2.88. The summed E-state index contributed by atoms with van der Waals surface area (Å²) in [6.45, 7) is 3.00. The highest BCUT2D eigenvalue weighted by Gasteiger charge is 2.33. The summed E-state index contributed by atoms with van der Waals surface area (Å²) in [5.41, 5.74) is 2.22. The van der Waals surface area contributed by atoms with Gasteiger partial charge in [0.2, 0.25) is 11.8 Å². The first kappa shape index (κ1) is 14.8. The first-order valence-electron chi connectivity index (χ1n) is 7.59. The molecule has 22 heavy (non-hydrogen) atoms. The zero-order chi connectivity index (χ0) is 15.5. The van der Waals surface area contributed by atoms with E-state index in [-0.39, 0.29) is 0 Å². The van der Waals surface area contributed by atoms with Crippen molar-refractivity contribution < 1.29 is 4.74 Å². The number of hydrogen-bond donors (Lipinski definition) is 1. The third kappa shape index (κ3) is 3.04. The van der Waals surface area contributed by atoms with Gasteiger partial charge in [-0.2, -0.15) is 4.98 Å². The van der Waals surface area contributed by atoms with Gasteiger partial charge in [0, 0.05) is 24.3 Å². The van der Waals surface area contributed by atoms with Gasteiger partial charge in [-0.1, -0.05) is 30.3 Å². The van der Waals surface area contributed by atoms with Crippen LogP contribution in [-0.2, 0) is 0 Å². The number of anilines is 1. The Balaban J connectivity index is 1.83. The number of likely N-dealkylation sites (N-methyl/N-ethyl adjacent to an activating group) is 1.